The van der Waals surface area contributed by atoms with Crippen molar-refractivity contribution in [3.8, 4) is 0 Å². The van der Waals surface area contributed by atoms with Crippen LogP contribution in [0.25, 0.3) is 0 Å². The summed E-state index contributed by atoms with van der Waals surface area (Å²) in [4.78, 5) is 0. The molecule has 0 N–H and O–H groups in total. The highest BCUT2D eigenvalue weighted by molar-refractivity contribution is 4.89. The Balaban J connectivity index is 2.16. The molecule has 2 aliphatic rings. The van der Waals surface area contributed by atoms with Crippen LogP contribution in [0.4, 0.5) is 4.39 Å². The molecule has 3 unspecified atom stereocenters. The molecule has 0 aliphatic heterocycles. The summed E-state index contributed by atoms with van der Waals surface area (Å²) in [7, 11) is 0. The Hall–Kier alpha value is -0.0700. The number of fused-ring (bicyclic) bond motifs is 2. The third-order valence-corrected chi connectivity index (χ3v) is 2.38. The van der Waals surface area contributed by atoms with Gasteiger partial charge in [-0.3, -0.25) is 0 Å². The molecule has 2 saturated carbocycles. The molecule has 2 aliphatic carbocycles. The van der Waals surface area contributed by atoms with Crippen LogP contribution in [0.2, 0.25) is 0 Å². The van der Waals surface area contributed by atoms with Gasteiger partial charge in [0.15, 0.2) is 0 Å². The van der Waals surface area contributed by atoms with E-state index in [0.717, 1.165) is 12.8 Å². The molecule has 0 amide bonds. The molecule has 0 aromatic rings. The molecule has 2 rings (SSSR count). The first kappa shape index (κ1) is 3.86. The zero-order valence-electron chi connectivity index (χ0n) is 5.81. The smallest absolute Gasteiger partial charge is 0.103 e. The summed E-state index contributed by atoms with van der Waals surface area (Å²) in [6, 6.07) is 0. The Bertz CT molecular complexity index is 126. The Morgan fingerprint density at radius 3 is 2.62 bits per heavy atom. The molecule has 2 bridgehead atoms. The van der Waals surface area contributed by atoms with Crippen molar-refractivity contribution in [1.29, 1.82) is 0 Å². The van der Waals surface area contributed by atoms with E-state index in [1.54, 1.807) is 0 Å². The largest absolute Gasteiger partial charge is 0.247 e. The van der Waals surface area contributed by atoms with Gasteiger partial charge in [0.05, 0.1) is 0 Å². The van der Waals surface area contributed by atoms with Gasteiger partial charge >= 0.3 is 0 Å². The van der Waals surface area contributed by atoms with E-state index in [-0.39, 0.29) is 12.3 Å². The van der Waals surface area contributed by atoms with Crippen molar-refractivity contribution in [2.45, 2.75) is 31.8 Å². The van der Waals surface area contributed by atoms with Gasteiger partial charge in [-0.2, -0.15) is 0 Å². The Kier molecular flexibility index (Phi) is 0.704. The fourth-order valence-electron chi connectivity index (χ4n) is 1.91. The summed E-state index contributed by atoms with van der Waals surface area (Å²) >= 11 is 0. The van der Waals surface area contributed by atoms with Crippen molar-refractivity contribution in [2.24, 2.45) is 11.8 Å². The van der Waals surface area contributed by atoms with Gasteiger partial charge in [-0.05, 0) is 37.5 Å². The minimum Gasteiger partial charge on any atom is -0.247 e. The van der Waals surface area contributed by atoms with Gasteiger partial charge in [0, 0.05) is 1.37 Å². The van der Waals surface area contributed by atoms with Gasteiger partial charge in [0.1, 0.15) is 6.17 Å². The summed E-state index contributed by atoms with van der Waals surface area (Å²) in [5, 5.41) is 0. The van der Waals surface area contributed by atoms with Crippen LogP contribution in [-0.2, 0) is 0 Å². The maximum absolute atomic E-state index is 12.7. The molecule has 0 heterocycles. The molecule has 46 valence electrons. The van der Waals surface area contributed by atoms with Crippen molar-refractivity contribution in [3.63, 3.8) is 0 Å². The molecule has 0 aromatic heterocycles. The van der Waals surface area contributed by atoms with Gasteiger partial charge in [-0.15, -0.1) is 0 Å². The van der Waals surface area contributed by atoms with E-state index >= 15 is 0 Å². The highest BCUT2D eigenvalue weighted by atomic mass is 19.1. The summed E-state index contributed by atoms with van der Waals surface area (Å²) < 4.78 is 20.2. The average Bonchev–Trinajstić information content (AvgIpc) is 2.25. The quantitative estimate of drug-likeness (QED) is 0.453. The zero-order valence-corrected chi connectivity index (χ0v) is 4.81. The van der Waals surface area contributed by atoms with E-state index in [1.807, 2.05) is 0 Å². The van der Waals surface area contributed by atoms with E-state index in [9.17, 15) is 4.39 Å². The molecular formula is C7H11F. The first-order valence-corrected chi connectivity index (χ1v) is 3.35. The maximum Gasteiger partial charge on any atom is 0.103 e. The molecular weight excluding hydrogens is 103 g/mol. The zero-order chi connectivity index (χ0) is 6.43. The van der Waals surface area contributed by atoms with Crippen LogP contribution in [0, 0.1) is 11.8 Å². The highest BCUT2D eigenvalue weighted by Crippen LogP contribution is 2.45. The van der Waals surface area contributed by atoms with Crippen LogP contribution in [-0.4, -0.2) is 6.17 Å². The topological polar surface area (TPSA) is 0 Å². The van der Waals surface area contributed by atoms with Crippen LogP contribution < -0.4 is 0 Å². The lowest BCUT2D eigenvalue weighted by atomic mass is 9.99. The molecule has 0 nitrogen and oxygen atoms in total. The number of hydrogen-bond donors (Lipinski definition) is 0. The molecule has 8 heavy (non-hydrogen) atoms. The van der Waals surface area contributed by atoms with Gasteiger partial charge in [0.25, 0.3) is 0 Å². The molecule has 0 saturated heterocycles. The fraction of sp³-hybridized carbons (Fsp3) is 1.00. The normalized spacial score (nSPS) is 63.9. The lowest BCUT2D eigenvalue weighted by molar-refractivity contribution is 0.231. The van der Waals surface area contributed by atoms with Crippen molar-refractivity contribution in [3.05, 3.63) is 0 Å². The van der Waals surface area contributed by atoms with Crippen LogP contribution in [0.15, 0.2) is 0 Å². The van der Waals surface area contributed by atoms with E-state index in [0.29, 0.717) is 12.3 Å². The van der Waals surface area contributed by atoms with Gasteiger partial charge in [-0.25, -0.2) is 4.39 Å². The van der Waals surface area contributed by atoms with E-state index < -0.39 is 6.17 Å². The molecule has 4 atom stereocenters. The molecule has 0 aromatic carbocycles. The minimum absolute atomic E-state index is 0.0556. The Labute approximate surface area is 50.5 Å². The van der Waals surface area contributed by atoms with Crippen LogP contribution >= 0.6 is 0 Å². The standard InChI is InChI=1S/C7H11F/c8-7-4-5-1-2-6(7)3-5/h5-7H,1-4H2/t5?,6?,7-/m0/s1/i3D/t3?,5?,6?,7-. The second kappa shape index (κ2) is 1.46. The summed E-state index contributed by atoms with van der Waals surface area (Å²) in [6.45, 7) is 0. The second-order valence-electron chi connectivity index (χ2n) is 2.95. The van der Waals surface area contributed by atoms with Crippen molar-refractivity contribution in [1.82, 2.24) is 0 Å². The van der Waals surface area contributed by atoms with Crippen molar-refractivity contribution in [2.75, 3.05) is 0 Å². The third-order valence-electron chi connectivity index (χ3n) is 2.38. The second-order valence-corrected chi connectivity index (χ2v) is 2.95. The number of halogens is 1. The van der Waals surface area contributed by atoms with Crippen LogP contribution in [0.3, 0.4) is 0 Å². The molecule has 0 radical (unpaired) electrons. The number of hydrogen-bond acceptors (Lipinski definition) is 0. The summed E-state index contributed by atoms with van der Waals surface area (Å²) in [5.74, 6) is 0.514. The third kappa shape index (κ3) is 0.503. The van der Waals surface area contributed by atoms with Gasteiger partial charge in [0.2, 0.25) is 0 Å². The highest BCUT2D eigenvalue weighted by Gasteiger charge is 2.39. The Morgan fingerprint density at radius 1 is 1.50 bits per heavy atom. The van der Waals surface area contributed by atoms with E-state index in [1.165, 1.54) is 0 Å². The van der Waals surface area contributed by atoms with E-state index in [2.05, 4.69) is 0 Å². The van der Waals surface area contributed by atoms with Crippen LogP contribution in [0.5, 0.6) is 0 Å². The first-order chi connectivity index (χ1) is 4.29. The molecule has 0 spiro atoms. The van der Waals surface area contributed by atoms with E-state index in [4.69, 9.17) is 1.37 Å². The fourth-order valence-corrected chi connectivity index (χ4v) is 1.91. The first-order valence-electron chi connectivity index (χ1n) is 3.93. The number of rotatable bonds is 0. The monoisotopic (exact) mass is 115 g/mol. The predicted octanol–water partition coefficient (Wildman–Crippen LogP) is 2.14. The Morgan fingerprint density at radius 2 is 2.38 bits per heavy atom. The lowest BCUT2D eigenvalue weighted by Gasteiger charge is -2.11. The SMILES string of the molecule is [2H]C1C2CCC1[C@@H](F)C2. The molecule has 1 heteroatoms. The minimum atomic E-state index is -0.633. The predicted molar refractivity (Wildman–Crippen MR) is 30.3 cm³/mol. The van der Waals surface area contributed by atoms with Crippen LogP contribution in [0.1, 0.15) is 27.0 Å². The summed E-state index contributed by atoms with van der Waals surface area (Å²) in [5.41, 5.74) is 0. The van der Waals surface area contributed by atoms with Crippen molar-refractivity contribution < 1.29 is 5.76 Å². The van der Waals surface area contributed by atoms with Crippen molar-refractivity contribution >= 4 is 0 Å². The van der Waals surface area contributed by atoms with Gasteiger partial charge < -0.3 is 0 Å². The lowest BCUT2D eigenvalue weighted by Crippen LogP contribution is -2.09. The molecule has 2 fully saturated rings. The summed E-state index contributed by atoms with van der Waals surface area (Å²) in [6.07, 6.45) is 2.07. The van der Waals surface area contributed by atoms with Gasteiger partial charge in [-0.1, -0.05) is 0 Å². The number of alkyl halides is 1. The average molecular weight is 115 g/mol. The maximum atomic E-state index is 12.7.